The van der Waals surface area contributed by atoms with Gasteiger partial charge in [0.1, 0.15) is 11.9 Å². The number of aryl methyl sites for hydroxylation is 1. The molecule has 204 valence electrons. The van der Waals surface area contributed by atoms with Crippen LogP contribution in [-0.4, -0.2) is 35.1 Å². The fraction of sp³-hybridized carbons (Fsp3) is 0.333. The van der Waals surface area contributed by atoms with Crippen molar-refractivity contribution < 1.29 is 24.2 Å². The number of carboxylic acids is 1. The molecule has 0 aliphatic rings. The lowest BCUT2D eigenvalue weighted by Crippen LogP contribution is -2.11. The topological polar surface area (TPSA) is 77.8 Å². The largest absolute Gasteiger partial charge is 0.486 e. The van der Waals surface area contributed by atoms with Crippen molar-refractivity contribution in [1.82, 2.24) is 4.57 Å². The summed E-state index contributed by atoms with van der Waals surface area (Å²) >= 11 is 0. The molecule has 39 heavy (non-hydrogen) atoms. The van der Waals surface area contributed by atoms with E-state index < -0.39 is 5.97 Å². The second-order valence-corrected chi connectivity index (χ2v) is 10.3. The van der Waals surface area contributed by atoms with Crippen LogP contribution in [0.2, 0.25) is 0 Å². The van der Waals surface area contributed by atoms with Crippen LogP contribution in [0, 0.1) is 5.92 Å². The second-order valence-electron chi connectivity index (χ2n) is 10.3. The summed E-state index contributed by atoms with van der Waals surface area (Å²) in [5.74, 6) is 0.394. The quantitative estimate of drug-likeness (QED) is 0.177. The van der Waals surface area contributed by atoms with Crippen LogP contribution < -0.4 is 4.74 Å². The number of aromatic nitrogens is 1. The molecule has 4 aromatic rings. The van der Waals surface area contributed by atoms with Gasteiger partial charge in [-0.1, -0.05) is 56.3 Å². The van der Waals surface area contributed by atoms with Crippen molar-refractivity contribution in [1.29, 1.82) is 0 Å². The zero-order valence-corrected chi connectivity index (χ0v) is 22.9. The summed E-state index contributed by atoms with van der Waals surface area (Å²) in [5, 5.41) is 9.85. The molecule has 6 nitrogen and oxygen atoms in total. The van der Waals surface area contributed by atoms with Gasteiger partial charge in [-0.3, -0.25) is 9.59 Å². The third kappa shape index (κ3) is 7.36. The highest BCUT2D eigenvalue weighted by Crippen LogP contribution is 2.28. The summed E-state index contributed by atoms with van der Waals surface area (Å²) in [5.41, 5.74) is 4.50. The van der Waals surface area contributed by atoms with Crippen LogP contribution in [0.4, 0.5) is 0 Å². The number of carbonyl (C=O) groups excluding carboxylic acids is 1. The minimum absolute atomic E-state index is 0.0774. The van der Waals surface area contributed by atoms with Crippen molar-refractivity contribution in [2.45, 2.75) is 52.2 Å². The van der Waals surface area contributed by atoms with Crippen LogP contribution in [-0.2, 0) is 22.5 Å². The van der Waals surface area contributed by atoms with Gasteiger partial charge in [-0.05, 0) is 60.2 Å². The first-order valence-electron chi connectivity index (χ1n) is 13.5. The fourth-order valence-corrected chi connectivity index (χ4v) is 4.88. The first-order chi connectivity index (χ1) is 18.9. The highest BCUT2D eigenvalue weighted by Gasteiger charge is 2.18. The Bertz CT molecular complexity index is 1390. The van der Waals surface area contributed by atoms with Crippen molar-refractivity contribution in [2.75, 3.05) is 13.7 Å². The molecule has 1 heterocycles. The minimum atomic E-state index is -0.822. The predicted octanol–water partition coefficient (Wildman–Crippen LogP) is 7.09. The van der Waals surface area contributed by atoms with E-state index in [0.717, 1.165) is 22.9 Å². The molecule has 1 unspecified atom stereocenters. The average molecular weight is 528 g/mol. The lowest BCUT2D eigenvalue weighted by Gasteiger charge is -2.20. The number of rotatable bonds is 14. The van der Waals surface area contributed by atoms with Gasteiger partial charge in [0.15, 0.2) is 5.78 Å². The molecule has 0 amide bonds. The van der Waals surface area contributed by atoms with Gasteiger partial charge in [0.05, 0.1) is 6.61 Å². The molecular weight excluding hydrogens is 490 g/mol. The molecule has 0 spiro atoms. The maximum atomic E-state index is 13.5. The molecule has 6 heteroatoms. The standard InChI is InChI=1S/C33H37NO5/c1-23(2)21-24-10-12-25(13-11-24)31(18-20-38-3)39-27-16-14-26(15-17-27)33(37)29-22-34(19-6-9-32(35)36)30-8-5-4-7-28(29)30/h4-5,7-8,10-17,22-23,31H,6,9,18-21H2,1-3H3,(H,35,36). The molecule has 0 saturated carbocycles. The number of aliphatic carboxylic acids is 1. The zero-order chi connectivity index (χ0) is 27.8. The fourth-order valence-electron chi connectivity index (χ4n) is 4.88. The Hall–Kier alpha value is -3.90. The highest BCUT2D eigenvalue weighted by atomic mass is 16.5. The van der Waals surface area contributed by atoms with E-state index in [1.807, 2.05) is 47.2 Å². The van der Waals surface area contributed by atoms with Crippen LogP contribution in [0.1, 0.15) is 66.3 Å². The zero-order valence-electron chi connectivity index (χ0n) is 22.9. The van der Waals surface area contributed by atoms with E-state index in [2.05, 4.69) is 38.1 Å². The number of nitrogens with zero attached hydrogens (tertiary/aromatic N) is 1. The van der Waals surface area contributed by atoms with Gasteiger partial charge in [-0.25, -0.2) is 0 Å². The maximum Gasteiger partial charge on any atom is 0.303 e. The molecule has 4 rings (SSSR count). The molecule has 0 aliphatic heterocycles. The number of methoxy groups -OCH3 is 1. The van der Waals surface area contributed by atoms with Crippen LogP contribution in [0.3, 0.4) is 0 Å². The Morgan fingerprint density at radius 3 is 2.33 bits per heavy atom. The van der Waals surface area contributed by atoms with Gasteiger partial charge in [0.25, 0.3) is 0 Å². The van der Waals surface area contributed by atoms with Gasteiger partial charge in [0, 0.05) is 54.7 Å². The van der Waals surface area contributed by atoms with Gasteiger partial charge in [-0.15, -0.1) is 0 Å². The normalized spacial score (nSPS) is 12.1. The molecule has 1 aromatic heterocycles. The first kappa shape index (κ1) is 28.1. The summed E-state index contributed by atoms with van der Waals surface area (Å²) in [4.78, 5) is 24.4. The Morgan fingerprint density at radius 1 is 0.949 bits per heavy atom. The van der Waals surface area contributed by atoms with Gasteiger partial charge >= 0.3 is 5.97 Å². The van der Waals surface area contributed by atoms with Crippen molar-refractivity contribution in [3.63, 3.8) is 0 Å². The smallest absolute Gasteiger partial charge is 0.303 e. The van der Waals surface area contributed by atoms with E-state index in [1.165, 1.54) is 5.56 Å². The van der Waals surface area contributed by atoms with E-state index in [-0.39, 0.29) is 18.3 Å². The van der Waals surface area contributed by atoms with Gasteiger partial charge in [0.2, 0.25) is 0 Å². The number of para-hydroxylation sites is 1. The SMILES string of the molecule is COCCC(Oc1ccc(C(=O)c2cn(CCCC(=O)O)c3ccccc23)cc1)c1ccc(CC(C)C)cc1. The number of fused-ring (bicyclic) bond motifs is 1. The van der Waals surface area contributed by atoms with Crippen LogP contribution in [0.15, 0.2) is 79.0 Å². The Kier molecular flexibility index (Phi) is 9.55. The molecule has 0 aliphatic carbocycles. The van der Waals surface area contributed by atoms with E-state index >= 15 is 0 Å². The number of ketones is 1. The lowest BCUT2D eigenvalue weighted by molar-refractivity contribution is -0.137. The molecule has 1 atom stereocenters. The molecule has 1 N–H and O–H groups in total. The summed E-state index contributed by atoms with van der Waals surface area (Å²) in [7, 11) is 1.69. The van der Waals surface area contributed by atoms with Gasteiger partial charge in [-0.2, -0.15) is 0 Å². The lowest BCUT2D eigenvalue weighted by atomic mass is 9.99. The summed E-state index contributed by atoms with van der Waals surface area (Å²) in [6.07, 6.45) is 4.01. The molecule has 0 fully saturated rings. The first-order valence-corrected chi connectivity index (χ1v) is 13.5. The Balaban J connectivity index is 1.51. The molecule has 0 radical (unpaired) electrons. The third-order valence-electron chi connectivity index (χ3n) is 6.80. The molecule has 3 aromatic carbocycles. The van der Waals surface area contributed by atoms with E-state index in [1.54, 1.807) is 19.2 Å². The Morgan fingerprint density at radius 2 is 1.67 bits per heavy atom. The maximum absolute atomic E-state index is 13.5. The third-order valence-corrected chi connectivity index (χ3v) is 6.80. The van der Waals surface area contributed by atoms with E-state index in [0.29, 0.717) is 48.8 Å². The van der Waals surface area contributed by atoms with Crippen molar-refractivity contribution in [3.8, 4) is 5.75 Å². The van der Waals surface area contributed by atoms with Gasteiger partial charge < -0.3 is 19.1 Å². The highest BCUT2D eigenvalue weighted by molar-refractivity contribution is 6.16. The van der Waals surface area contributed by atoms with E-state index in [4.69, 9.17) is 14.6 Å². The monoisotopic (exact) mass is 527 g/mol. The minimum Gasteiger partial charge on any atom is -0.486 e. The number of benzene rings is 3. The summed E-state index contributed by atoms with van der Waals surface area (Å²) in [6, 6.07) is 23.6. The van der Waals surface area contributed by atoms with Crippen molar-refractivity contribution >= 4 is 22.7 Å². The predicted molar refractivity (Wildman–Crippen MR) is 154 cm³/mol. The molecule has 0 saturated heterocycles. The Labute approximate surface area is 230 Å². The van der Waals surface area contributed by atoms with E-state index in [9.17, 15) is 9.59 Å². The molecular formula is C33H37NO5. The van der Waals surface area contributed by atoms with Crippen molar-refractivity contribution in [3.05, 3.63) is 101 Å². The number of ether oxygens (including phenoxy) is 2. The summed E-state index contributed by atoms with van der Waals surface area (Å²) in [6.45, 7) is 5.54. The number of hydrogen-bond donors (Lipinski definition) is 1. The summed E-state index contributed by atoms with van der Waals surface area (Å²) < 4.78 is 13.7. The second kappa shape index (κ2) is 13.3. The van der Waals surface area contributed by atoms with Crippen LogP contribution in [0.25, 0.3) is 10.9 Å². The average Bonchev–Trinajstić information content (AvgIpc) is 3.29. The van der Waals surface area contributed by atoms with Crippen molar-refractivity contribution in [2.24, 2.45) is 5.92 Å². The van der Waals surface area contributed by atoms with Crippen LogP contribution in [0.5, 0.6) is 5.75 Å². The number of carboxylic acid groups (broad SMARTS) is 1. The molecule has 0 bridgehead atoms. The van der Waals surface area contributed by atoms with Crippen LogP contribution >= 0.6 is 0 Å². The number of carbonyl (C=O) groups is 2. The number of hydrogen-bond acceptors (Lipinski definition) is 4.